The zero-order chi connectivity index (χ0) is 22.4. The summed E-state index contributed by atoms with van der Waals surface area (Å²) < 4.78 is 51.3. The first-order valence-electron chi connectivity index (χ1n) is 10.3. The number of hydrogen-bond acceptors (Lipinski definition) is 5. The number of amides is 1. The summed E-state index contributed by atoms with van der Waals surface area (Å²) >= 11 is 0. The average Bonchev–Trinajstić information content (AvgIpc) is 3.21. The summed E-state index contributed by atoms with van der Waals surface area (Å²) in [4.78, 5) is 15.0. The Morgan fingerprint density at radius 1 is 0.839 bits per heavy atom. The Morgan fingerprint density at radius 2 is 1.48 bits per heavy atom. The van der Waals surface area contributed by atoms with Gasteiger partial charge >= 0.3 is 0 Å². The molecule has 0 radical (unpaired) electrons. The van der Waals surface area contributed by atoms with Gasteiger partial charge in [0.15, 0.2) is 9.84 Å². The van der Waals surface area contributed by atoms with Crippen molar-refractivity contribution in [3.05, 3.63) is 58.7 Å². The van der Waals surface area contributed by atoms with Crippen LogP contribution in [0.3, 0.4) is 0 Å². The Labute approximate surface area is 183 Å². The van der Waals surface area contributed by atoms with Crippen LogP contribution in [0.15, 0.2) is 46.2 Å². The SMILES string of the molecule is Cc1ccc(S(C)(=O)=O)cc1C(=O)N1CCN(S(=O)(=O)c2ccc3c(c2)CCC3)CC1. The maximum absolute atomic E-state index is 13.1. The topological polar surface area (TPSA) is 91.8 Å². The number of carbonyl (C=O) groups is 1. The molecule has 0 spiro atoms. The highest BCUT2D eigenvalue weighted by Gasteiger charge is 2.31. The van der Waals surface area contributed by atoms with Crippen LogP contribution < -0.4 is 0 Å². The van der Waals surface area contributed by atoms with Gasteiger partial charge in [-0.05, 0) is 67.1 Å². The molecule has 31 heavy (non-hydrogen) atoms. The normalized spacial score (nSPS) is 17.5. The molecule has 0 atom stereocenters. The zero-order valence-corrected chi connectivity index (χ0v) is 19.3. The molecule has 0 unspecified atom stereocenters. The van der Waals surface area contributed by atoms with Gasteiger partial charge in [-0.3, -0.25) is 4.79 Å². The molecule has 7 nitrogen and oxygen atoms in total. The van der Waals surface area contributed by atoms with Gasteiger partial charge in [-0.25, -0.2) is 16.8 Å². The fraction of sp³-hybridized carbons (Fsp3) is 0.409. The van der Waals surface area contributed by atoms with E-state index < -0.39 is 19.9 Å². The van der Waals surface area contributed by atoms with Crippen molar-refractivity contribution in [3.63, 3.8) is 0 Å². The van der Waals surface area contributed by atoms with Gasteiger partial charge in [0.25, 0.3) is 5.91 Å². The Kier molecular flexibility index (Phi) is 5.70. The summed E-state index contributed by atoms with van der Waals surface area (Å²) in [5.74, 6) is -0.280. The molecule has 1 heterocycles. The monoisotopic (exact) mass is 462 g/mol. The fourth-order valence-corrected chi connectivity index (χ4v) is 6.34. The third-order valence-corrected chi connectivity index (χ3v) is 9.11. The second-order valence-corrected chi connectivity index (χ2v) is 12.2. The second-order valence-electron chi connectivity index (χ2n) is 8.23. The Hall–Kier alpha value is -2.23. The Morgan fingerprint density at radius 3 is 2.16 bits per heavy atom. The number of sulfone groups is 1. The molecule has 2 aromatic rings. The highest BCUT2D eigenvalue weighted by atomic mass is 32.2. The van der Waals surface area contributed by atoms with E-state index in [1.165, 1.54) is 22.0 Å². The highest BCUT2D eigenvalue weighted by molar-refractivity contribution is 7.90. The first-order valence-corrected chi connectivity index (χ1v) is 13.6. The van der Waals surface area contributed by atoms with Gasteiger partial charge in [-0.1, -0.05) is 12.1 Å². The van der Waals surface area contributed by atoms with Crippen LogP contribution in [0.4, 0.5) is 0 Å². The van der Waals surface area contributed by atoms with Crippen molar-refractivity contribution < 1.29 is 21.6 Å². The number of piperazine rings is 1. The summed E-state index contributed by atoms with van der Waals surface area (Å²) in [7, 11) is -7.04. The third kappa shape index (κ3) is 4.26. The Bertz CT molecular complexity index is 1240. The molecule has 1 aliphatic carbocycles. The molecule has 0 N–H and O–H groups in total. The van der Waals surface area contributed by atoms with Gasteiger partial charge in [0, 0.05) is 38.0 Å². The van der Waals surface area contributed by atoms with Gasteiger partial charge in [0.1, 0.15) is 0 Å². The Balaban J connectivity index is 1.49. The molecule has 1 saturated heterocycles. The lowest BCUT2D eigenvalue weighted by Gasteiger charge is -2.34. The molecule has 4 rings (SSSR count). The standard InChI is InChI=1S/C22H26N2O5S2/c1-16-6-8-19(30(2,26)27)15-21(16)22(25)23-10-12-24(13-11-23)31(28,29)20-9-7-17-4-3-5-18(17)14-20/h6-9,14-15H,3-5,10-13H2,1-2H3. The van der Waals surface area contributed by atoms with E-state index in [1.54, 1.807) is 30.0 Å². The van der Waals surface area contributed by atoms with Crippen molar-refractivity contribution in [1.82, 2.24) is 9.21 Å². The second kappa shape index (κ2) is 8.03. The molecule has 2 aromatic carbocycles. The number of sulfonamides is 1. The van der Waals surface area contributed by atoms with Crippen LogP contribution in [0, 0.1) is 6.92 Å². The number of carbonyl (C=O) groups excluding carboxylic acids is 1. The molecular formula is C22H26N2O5S2. The van der Waals surface area contributed by atoms with Crippen LogP contribution in [0.25, 0.3) is 0 Å². The molecule has 1 aliphatic heterocycles. The lowest BCUT2D eigenvalue weighted by molar-refractivity contribution is 0.0697. The summed E-state index contributed by atoms with van der Waals surface area (Å²) in [6.07, 6.45) is 4.07. The third-order valence-electron chi connectivity index (χ3n) is 6.10. The van der Waals surface area contributed by atoms with E-state index in [-0.39, 0.29) is 37.0 Å². The number of fused-ring (bicyclic) bond motifs is 1. The minimum atomic E-state index is -3.62. The van der Waals surface area contributed by atoms with Gasteiger partial charge < -0.3 is 4.90 Å². The van der Waals surface area contributed by atoms with Crippen LogP contribution in [0.2, 0.25) is 0 Å². The maximum atomic E-state index is 13.1. The molecule has 0 aromatic heterocycles. The minimum Gasteiger partial charge on any atom is -0.336 e. The van der Waals surface area contributed by atoms with Crippen LogP contribution in [0.5, 0.6) is 0 Å². The number of rotatable bonds is 4. The largest absolute Gasteiger partial charge is 0.336 e. The average molecular weight is 463 g/mol. The quantitative estimate of drug-likeness (QED) is 0.693. The minimum absolute atomic E-state index is 0.0965. The summed E-state index contributed by atoms with van der Waals surface area (Å²) in [5.41, 5.74) is 3.35. The lowest BCUT2D eigenvalue weighted by atomic mass is 10.1. The van der Waals surface area contributed by atoms with Crippen LogP contribution >= 0.6 is 0 Å². The first kappa shape index (κ1) is 22.0. The number of nitrogens with zero attached hydrogens (tertiary/aromatic N) is 2. The number of aryl methyl sites for hydroxylation is 3. The van der Waals surface area contributed by atoms with Crippen molar-refractivity contribution >= 4 is 25.8 Å². The van der Waals surface area contributed by atoms with E-state index in [0.29, 0.717) is 16.0 Å². The van der Waals surface area contributed by atoms with Gasteiger partial charge in [0.05, 0.1) is 9.79 Å². The van der Waals surface area contributed by atoms with Crippen molar-refractivity contribution in [2.24, 2.45) is 0 Å². The van der Waals surface area contributed by atoms with Crippen LogP contribution in [0.1, 0.15) is 33.5 Å². The highest BCUT2D eigenvalue weighted by Crippen LogP contribution is 2.27. The van der Waals surface area contributed by atoms with Gasteiger partial charge in [0.2, 0.25) is 10.0 Å². The van der Waals surface area contributed by atoms with E-state index in [0.717, 1.165) is 31.1 Å². The first-order chi connectivity index (χ1) is 14.6. The van der Waals surface area contributed by atoms with E-state index in [9.17, 15) is 21.6 Å². The van der Waals surface area contributed by atoms with Crippen molar-refractivity contribution in [2.45, 2.75) is 36.0 Å². The lowest BCUT2D eigenvalue weighted by Crippen LogP contribution is -2.50. The predicted octanol–water partition coefficient (Wildman–Crippen LogP) is 2.03. The molecule has 9 heteroatoms. The summed E-state index contributed by atoms with van der Waals surface area (Å²) in [5, 5.41) is 0. The van der Waals surface area contributed by atoms with Crippen molar-refractivity contribution in [1.29, 1.82) is 0 Å². The van der Waals surface area contributed by atoms with Gasteiger partial charge in [-0.15, -0.1) is 0 Å². The van der Waals surface area contributed by atoms with E-state index in [2.05, 4.69) is 0 Å². The molecule has 1 amide bonds. The molecule has 166 valence electrons. The molecule has 0 saturated carbocycles. The maximum Gasteiger partial charge on any atom is 0.254 e. The van der Waals surface area contributed by atoms with Gasteiger partial charge in [-0.2, -0.15) is 4.31 Å². The van der Waals surface area contributed by atoms with Crippen LogP contribution in [-0.2, 0) is 32.7 Å². The van der Waals surface area contributed by atoms with E-state index in [4.69, 9.17) is 0 Å². The van der Waals surface area contributed by atoms with E-state index >= 15 is 0 Å². The molecule has 0 bridgehead atoms. The number of hydrogen-bond donors (Lipinski definition) is 0. The predicted molar refractivity (Wildman–Crippen MR) is 117 cm³/mol. The van der Waals surface area contributed by atoms with Crippen LogP contribution in [-0.4, -0.2) is 64.4 Å². The summed E-state index contributed by atoms with van der Waals surface area (Å²) in [6, 6.07) is 9.89. The zero-order valence-electron chi connectivity index (χ0n) is 17.7. The smallest absolute Gasteiger partial charge is 0.254 e. The molecular weight excluding hydrogens is 436 g/mol. The van der Waals surface area contributed by atoms with Crippen molar-refractivity contribution in [3.8, 4) is 0 Å². The summed E-state index contributed by atoms with van der Waals surface area (Å²) in [6.45, 7) is 2.68. The number of benzene rings is 2. The fourth-order valence-electron chi connectivity index (χ4n) is 4.22. The van der Waals surface area contributed by atoms with Crippen molar-refractivity contribution in [2.75, 3.05) is 32.4 Å². The van der Waals surface area contributed by atoms with E-state index in [1.807, 2.05) is 6.07 Å². The molecule has 1 fully saturated rings. The molecule has 2 aliphatic rings.